The minimum absolute atomic E-state index is 0.0195. The quantitative estimate of drug-likeness (QED) is 0.599. The van der Waals surface area contributed by atoms with Crippen molar-refractivity contribution in [1.29, 1.82) is 0 Å². The molecular weight excluding hydrogens is 454 g/mol. The third-order valence-corrected chi connectivity index (χ3v) is 10.3. The van der Waals surface area contributed by atoms with Crippen molar-refractivity contribution < 1.29 is 22.7 Å². The summed E-state index contributed by atoms with van der Waals surface area (Å²) in [5.41, 5.74) is 1.05. The highest BCUT2D eigenvalue weighted by molar-refractivity contribution is 7.89. The van der Waals surface area contributed by atoms with E-state index in [1.54, 1.807) is 25.3 Å². The lowest BCUT2D eigenvalue weighted by Crippen LogP contribution is -2.52. The van der Waals surface area contributed by atoms with Crippen LogP contribution in [0.3, 0.4) is 0 Å². The van der Waals surface area contributed by atoms with Crippen LogP contribution in [0.4, 0.5) is 5.69 Å². The summed E-state index contributed by atoms with van der Waals surface area (Å²) in [5, 5.41) is 3.30. The van der Waals surface area contributed by atoms with Crippen molar-refractivity contribution in [3.63, 3.8) is 0 Å². The van der Waals surface area contributed by atoms with E-state index < -0.39 is 10.0 Å². The van der Waals surface area contributed by atoms with Gasteiger partial charge in [-0.15, -0.1) is 0 Å². The molecule has 190 valence electrons. The molecule has 1 aliphatic heterocycles. The zero-order valence-corrected chi connectivity index (χ0v) is 21.9. The van der Waals surface area contributed by atoms with Gasteiger partial charge in [0.2, 0.25) is 10.0 Å². The number of methoxy groups -OCH3 is 1. The maximum Gasteiger partial charge on any atom is 0.251 e. The number of carbonyl (C=O) groups excluding carboxylic acids is 1. The number of nitrogens with zero attached hydrogens (tertiary/aromatic N) is 2. The first-order valence-corrected chi connectivity index (χ1v) is 13.7. The normalized spacial score (nSPS) is 28.7. The van der Waals surface area contributed by atoms with Crippen LogP contribution in [-0.4, -0.2) is 78.3 Å². The zero-order valence-electron chi connectivity index (χ0n) is 21.1. The Labute approximate surface area is 204 Å². The Morgan fingerprint density at radius 3 is 2.59 bits per heavy atom. The third kappa shape index (κ3) is 4.47. The first kappa shape index (κ1) is 25.4. The molecule has 1 aromatic carbocycles. The second kappa shape index (κ2) is 9.41. The molecule has 1 heterocycles. The molecule has 3 aliphatic rings. The van der Waals surface area contributed by atoms with Gasteiger partial charge in [-0.3, -0.25) is 4.79 Å². The van der Waals surface area contributed by atoms with Crippen LogP contribution in [0.15, 0.2) is 23.1 Å². The highest BCUT2D eigenvalue weighted by atomic mass is 32.2. The molecule has 0 radical (unpaired) electrons. The summed E-state index contributed by atoms with van der Waals surface area (Å²) in [7, 11) is -0.345. The number of likely N-dealkylation sites (N-methyl/N-ethyl adjacent to an activating group) is 1. The van der Waals surface area contributed by atoms with Crippen molar-refractivity contribution in [2.45, 2.75) is 51.0 Å². The number of hydrogen-bond donors (Lipinski definition) is 1. The molecule has 3 atom stereocenters. The number of sulfonamides is 1. The zero-order chi connectivity index (χ0) is 24.7. The number of anilines is 1. The minimum Gasteiger partial charge on any atom is -0.383 e. The fourth-order valence-corrected chi connectivity index (χ4v) is 8.00. The van der Waals surface area contributed by atoms with Gasteiger partial charge in [-0.2, -0.15) is 4.31 Å². The van der Waals surface area contributed by atoms with Gasteiger partial charge >= 0.3 is 0 Å². The van der Waals surface area contributed by atoms with Gasteiger partial charge in [0, 0.05) is 45.4 Å². The van der Waals surface area contributed by atoms with Gasteiger partial charge < -0.3 is 19.7 Å². The predicted octanol–water partition coefficient (Wildman–Crippen LogP) is 2.73. The Kier molecular flexibility index (Phi) is 7.03. The lowest BCUT2D eigenvalue weighted by molar-refractivity contribution is 0.0728. The number of benzene rings is 1. The number of ether oxygens (including phenoxy) is 2. The SMILES string of the molecule is COCCN(C)c1ccc(C(=O)NC2C3(C)CC[C@H](C3)C2(C)C)cc1S(=O)(=O)N1CCOCC1. The van der Waals surface area contributed by atoms with E-state index in [1.165, 1.54) is 10.7 Å². The van der Waals surface area contributed by atoms with E-state index in [4.69, 9.17) is 9.47 Å². The second-order valence-electron chi connectivity index (χ2n) is 10.9. The molecule has 2 bridgehead atoms. The van der Waals surface area contributed by atoms with E-state index in [2.05, 4.69) is 26.1 Å². The first-order chi connectivity index (χ1) is 16.0. The van der Waals surface area contributed by atoms with Gasteiger partial charge in [0.1, 0.15) is 4.90 Å². The first-order valence-electron chi connectivity index (χ1n) is 12.2. The van der Waals surface area contributed by atoms with E-state index in [9.17, 15) is 13.2 Å². The van der Waals surface area contributed by atoms with Gasteiger partial charge in [0.05, 0.1) is 25.5 Å². The highest BCUT2D eigenvalue weighted by Crippen LogP contribution is 2.62. The second-order valence-corrected chi connectivity index (χ2v) is 12.8. The maximum absolute atomic E-state index is 13.6. The van der Waals surface area contributed by atoms with Gasteiger partial charge in [0.25, 0.3) is 5.91 Å². The summed E-state index contributed by atoms with van der Waals surface area (Å²) < 4.78 is 39.3. The Hall–Kier alpha value is -1.68. The maximum atomic E-state index is 13.6. The van der Waals surface area contributed by atoms with Gasteiger partial charge in [-0.25, -0.2) is 8.42 Å². The van der Waals surface area contributed by atoms with Crippen LogP contribution in [0, 0.1) is 16.7 Å². The summed E-state index contributed by atoms with van der Waals surface area (Å²) in [5.74, 6) is 0.397. The van der Waals surface area contributed by atoms with Crippen LogP contribution in [0.25, 0.3) is 0 Å². The Morgan fingerprint density at radius 2 is 1.97 bits per heavy atom. The molecule has 9 heteroatoms. The smallest absolute Gasteiger partial charge is 0.251 e. The van der Waals surface area contributed by atoms with E-state index in [-0.39, 0.29) is 27.7 Å². The lowest BCUT2D eigenvalue weighted by Gasteiger charge is -2.43. The summed E-state index contributed by atoms with van der Waals surface area (Å²) in [6, 6.07) is 5.08. The van der Waals surface area contributed by atoms with Crippen LogP contribution < -0.4 is 10.2 Å². The standard InChI is InChI=1S/C25H39N3O5S/c1-24(2)19-8-9-25(3,17-19)23(24)26-22(29)18-6-7-20(27(4)10-13-32-5)21(16-18)34(30,31)28-11-14-33-15-12-28/h6-7,16,19,23H,8-15,17H2,1-5H3,(H,26,29)/t19-,23?,25?/m1/s1. The van der Waals surface area contributed by atoms with E-state index in [1.807, 2.05) is 11.9 Å². The fourth-order valence-electron chi connectivity index (χ4n) is 6.33. The molecule has 0 spiro atoms. The topological polar surface area (TPSA) is 88.2 Å². The summed E-state index contributed by atoms with van der Waals surface area (Å²) in [6.45, 7) is 9.09. The summed E-state index contributed by atoms with van der Waals surface area (Å²) >= 11 is 0. The van der Waals surface area contributed by atoms with Crippen LogP contribution in [0.1, 0.15) is 50.4 Å². The van der Waals surface area contributed by atoms with Crippen LogP contribution in [0.2, 0.25) is 0 Å². The number of nitrogens with one attached hydrogen (secondary N) is 1. The van der Waals surface area contributed by atoms with Crippen LogP contribution in [-0.2, 0) is 19.5 Å². The largest absolute Gasteiger partial charge is 0.383 e. The predicted molar refractivity (Wildman–Crippen MR) is 132 cm³/mol. The number of rotatable bonds is 8. The van der Waals surface area contributed by atoms with Crippen molar-refractivity contribution in [2.24, 2.45) is 16.7 Å². The Bertz CT molecular complexity index is 1020. The molecule has 4 rings (SSSR count). The van der Waals surface area contributed by atoms with E-state index >= 15 is 0 Å². The van der Waals surface area contributed by atoms with Gasteiger partial charge in [0.15, 0.2) is 0 Å². The van der Waals surface area contributed by atoms with Gasteiger partial charge in [-0.05, 0) is 54.2 Å². The average molecular weight is 494 g/mol. The van der Waals surface area contributed by atoms with E-state index in [0.29, 0.717) is 56.6 Å². The van der Waals surface area contributed by atoms with Crippen LogP contribution in [0.5, 0.6) is 0 Å². The number of hydrogen-bond acceptors (Lipinski definition) is 6. The summed E-state index contributed by atoms with van der Waals surface area (Å²) in [4.78, 5) is 15.5. The van der Waals surface area contributed by atoms with Crippen molar-refractivity contribution in [3.05, 3.63) is 23.8 Å². The molecule has 3 fully saturated rings. The molecular formula is C25H39N3O5S. The molecule has 1 N–H and O–H groups in total. The number of morpholine rings is 1. The molecule has 2 unspecified atom stereocenters. The minimum atomic E-state index is -3.80. The monoisotopic (exact) mass is 493 g/mol. The van der Waals surface area contributed by atoms with Gasteiger partial charge in [-0.1, -0.05) is 20.8 Å². The molecule has 1 amide bonds. The van der Waals surface area contributed by atoms with Crippen molar-refractivity contribution >= 4 is 21.6 Å². The van der Waals surface area contributed by atoms with Crippen molar-refractivity contribution in [3.8, 4) is 0 Å². The number of carbonyl (C=O) groups is 1. The molecule has 2 aliphatic carbocycles. The molecule has 0 aromatic heterocycles. The summed E-state index contributed by atoms with van der Waals surface area (Å²) in [6.07, 6.45) is 3.46. The van der Waals surface area contributed by atoms with Crippen molar-refractivity contribution in [1.82, 2.24) is 9.62 Å². The van der Waals surface area contributed by atoms with Crippen LogP contribution >= 0.6 is 0 Å². The molecule has 8 nitrogen and oxygen atoms in total. The number of amides is 1. The Morgan fingerprint density at radius 1 is 1.26 bits per heavy atom. The molecule has 2 saturated carbocycles. The Balaban J connectivity index is 1.66. The lowest BCUT2D eigenvalue weighted by atomic mass is 9.68. The molecule has 34 heavy (non-hydrogen) atoms. The van der Waals surface area contributed by atoms with E-state index in [0.717, 1.165) is 12.8 Å². The average Bonchev–Trinajstić information content (AvgIpc) is 3.31. The fraction of sp³-hybridized carbons (Fsp3) is 0.720. The third-order valence-electron chi connectivity index (χ3n) is 8.40. The molecule has 1 saturated heterocycles. The highest BCUT2D eigenvalue weighted by Gasteiger charge is 2.59. The molecule has 1 aromatic rings. The number of fused-ring (bicyclic) bond motifs is 2. The van der Waals surface area contributed by atoms with Crippen molar-refractivity contribution in [2.75, 3.05) is 58.5 Å².